The summed E-state index contributed by atoms with van der Waals surface area (Å²) in [5, 5.41) is 0. The normalized spacial score (nSPS) is 17.5. The van der Waals surface area contributed by atoms with Crippen LogP contribution in [0.1, 0.15) is 13.8 Å². The number of aliphatic imine (C=N–C) groups is 1. The van der Waals surface area contributed by atoms with E-state index < -0.39 is 0 Å². The molecule has 0 radical (unpaired) electrons. The first-order chi connectivity index (χ1) is 5.15. The maximum Gasteiger partial charge on any atom is 0.344 e. The average Bonchev–Trinajstić information content (AvgIpc) is 2.30. The van der Waals surface area contributed by atoms with Crippen LogP contribution in [-0.2, 0) is 4.79 Å². The van der Waals surface area contributed by atoms with Crippen molar-refractivity contribution < 1.29 is 9.59 Å². The van der Waals surface area contributed by atoms with Crippen molar-refractivity contribution in [1.29, 1.82) is 0 Å². The van der Waals surface area contributed by atoms with Gasteiger partial charge in [0, 0.05) is 6.04 Å². The minimum atomic E-state index is -0.304. The Morgan fingerprint density at radius 3 is 2.55 bits per heavy atom. The first-order valence-electron chi connectivity index (χ1n) is 3.48. The van der Waals surface area contributed by atoms with E-state index in [0.29, 0.717) is 18.5 Å². The fourth-order valence-corrected chi connectivity index (χ4v) is 0.932. The zero-order chi connectivity index (χ0) is 8.43. The maximum atomic E-state index is 11.0. The summed E-state index contributed by atoms with van der Waals surface area (Å²) in [7, 11) is 0. The molecule has 0 N–H and O–H groups in total. The van der Waals surface area contributed by atoms with Crippen molar-refractivity contribution in [3.05, 3.63) is 0 Å². The summed E-state index contributed by atoms with van der Waals surface area (Å²) in [4.78, 5) is 26.3. The minimum absolute atomic E-state index is 0.115. The average molecular weight is 154 g/mol. The molecule has 0 saturated carbocycles. The monoisotopic (exact) mass is 154 g/mol. The van der Waals surface area contributed by atoms with Crippen LogP contribution in [0, 0.1) is 0 Å². The molecule has 4 heteroatoms. The lowest BCUT2D eigenvalue weighted by molar-refractivity contribution is -0.102. The van der Waals surface area contributed by atoms with Crippen LogP contribution in [0.5, 0.6) is 0 Å². The highest BCUT2D eigenvalue weighted by Gasteiger charge is 2.24. The van der Waals surface area contributed by atoms with E-state index in [2.05, 4.69) is 4.99 Å². The summed E-state index contributed by atoms with van der Waals surface area (Å²) in [5.41, 5.74) is 0.323. The van der Waals surface area contributed by atoms with Gasteiger partial charge in [-0.15, -0.1) is 0 Å². The maximum absolute atomic E-state index is 11.0. The summed E-state index contributed by atoms with van der Waals surface area (Å²) in [6.45, 7) is 4.14. The molecular formula is C7H10N2O2. The number of carbonyl (C=O) groups is 2. The van der Waals surface area contributed by atoms with Crippen molar-refractivity contribution in [1.82, 2.24) is 4.90 Å². The van der Waals surface area contributed by atoms with E-state index in [9.17, 15) is 9.59 Å². The molecular weight excluding hydrogens is 144 g/mol. The standard InChI is InChI=1S/C7H10N2O2/c1-5(2)9-3-6(4-10)8-7(9)11/h4-5H,3H2,1-2H3. The van der Waals surface area contributed by atoms with Gasteiger partial charge < -0.3 is 4.90 Å². The number of aldehydes is 1. The highest BCUT2D eigenvalue weighted by Crippen LogP contribution is 2.07. The smallest absolute Gasteiger partial charge is 0.314 e. The number of carbonyl (C=O) groups excluding carboxylic acids is 2. The molecule has 0 aromatic rings. The van der Waals surface area contributed by atoms with Crippen molar-refractivity contribution >= 4 is 18.0 Å². The molecule has 0 bridgehead atoms. The zero-order valence-corrected chi connectivity index (χ0v) is 6.57. The van der Waals surface area contributed by atoms with E-state index in [4.69, 9.17) is 0 Å². The molecule has 60 valence electrons. The Bertz CT molecular complexity index is 220. The number of hydrogen-bond acceptors (Lipinski definition) is 2. The second-order valence-corrected chi connectivity index (χ2v) is 2.73. The van der Waals surface area contributed by atoms with Crippen molar-refractivity contribution in [2.75, 3.05) is 6.54 Å². The summed E-state index contributed by atoms with van der Waals surface area (Å²) in [5.74, 6) is 0. The second-order valence-electron chi connectivity index (χ2n) is 2.73. The van der Waals surface area contributed by atoms with E-state index in [1.54, 1.807) is 4.90 Å². The topological polar surface area (TPSA) is 49.7 Å². The summed E-state index contributed by atoms with van der Waals surface area (Å²) in [6, 6.07) is -0.189. The molecule has 0 fully saturated rings. The third-order valence-electron chi connectivity index (χ3n) is 1.58. The molecule has 2 amide bonds. The minimum Gasteiger partial charge on any atom is -0.314 e. The molecule has 0 aliphatic carbocycles. The Kier molecular flexibility index (Phi) is 2.03. The van der Waals surface area contributed by atoms with E-state index >= 15 is 0 Å². The van der Waals surface area contributed by atoms with Gasteiger partial charge in [-0.25, -0.2) is 4.79 Å². The SMILES string of the molecule is CC(C)N1CC(C=O)=NC1=O. The molecule has 1 rings (SSSR count). The molecule has 0 saturated heterocycles. The summed E-state index contributed by atoms with van der Waals surface area (Å²) >= 11 is 0. The van der Waals surface area contributed by atoms with Crippen LogP contribution in [-0.4, -0.2) is 35.5 Å². The van der Waals surface area contributed by atoms with Crippen LogP contribution in [0.2, 0.25) is 0 Å². The van der Waals surface area contributed by atoms with Crippen molar-refractivity contribution in [2.45, 2.75) is 19.9 Å². The molecule has 0 unspecified atom stereocenters. The predicted molar refractivity (Wildman–Crippen MR) is 40.7 cm³/mol. The van der Waals surface area contributed by atoms with Crippen LogP contribution in [0.3, 0.4) is 0 Å². The molecule has 0 atom stereocenters. The number of amides is 2. The van der Waals surface area contributed by atoms with Gasteiger partial charge in [-0.1, -0.05) is 0 Å². The molecule has 1 heterocycles. The van der Waals surface area contributed by atoms with Crippen LogP contribution >= 0.6 is 0 Å². The Labute approximate surface area is 64.9 Å². The molecule has 11 heavy (non-hydrogen) atoms. The lowest BCUT2D eigenvalue weighted by atomic mass is 10.3. The molecule has 1 aliphatic heterocycles. The van der Waals surface area contributed by atoms with E-state index in [-0.39, 0.29) is 12.1 Å². The lowest BCUT2D eigenvalue weighted by Gasteiger charge is -2.17. The largest absolute Gasteiger partial charge is 0.344 e. The van der Waals surface area contributed by atoms with E-state index in [1.807, 2.05) is 13.8 Å². The first kappa shape index (κ1) is 7.91. The van der Waals surface area contributed by atoms with Gasteiger partial charge in [0.05, 0.1) is 6.54 Å². The fraction of sp³-hybridized carbons (Fsp3) is 0.571. The highest BCUT2D eigenvalue weighted by atomic mass is 16.2. The van der Waals surface area contributed by atoms with Gasteiger partial charge in [-0.05, 0) is 13.8 Å². The van der Waals surface area contributed by atoms with E-state index in [0.717, 1.165) is 0 Å². The summed E-state index contributed by atoms with van der Waals surface area (Å²) < 4.78 is 0. The molecule has 1 aliphatic rings. The molecule has 4 nitrogen and oxygen atoms in total. The van der Waals surface area contributed by atoms with Crippen LogP contribution in [0.15, 0.2) is 4.99 Å². The van der Waals surface area contributed by atoms with Gasteiger partial charge in [0.1, 0.15) is 5.71 Å². The molecule has 0 spiro atoms. The first-order valence-corrected chi connectivity index (χ1v) is 3.48. The van der Waals surface area contributed by atoms with Gasteiger partial charge in [-0.3, -0.25) is 4.79 Å². The second kappa shape index (κ2) is 2.82. The van der Waals surface area contributed by atoms with Crippen molar-refractivity contribution in [3.8, 4) is 0 Å². The fourth-order valence-electron chi connectivity index (χ4n) is 0.932. The lowest BCUT2D eigenvalue weighted by Crippen LogP contribution is -2.33. The van der Waals surface area contributed by atoms with E-state index in [1.165, 1.54) is 0 Å². The predicted octanol–water partition coefficient (Wildman–Crippen LogP) is 0.470. The molecule has 0 aromatic heterocycles. The number of hydrogen-bond donors (Lipinski definition) is 0. The number of rotatable bonds is 2. The van der Waals surface area contributed by atoms with Gasteiger partial charge >= 0.3 is 6.03 Å². The van der Waals surface area contributed by atoms with Crippen molar-refractivity contribution in [2.24, 2.45) is 4.99 Å². The number of nitrogens with zero attached hydrogens (tertiary/aromatic N) is 2. The zero-order valence-electron chi connectivity index (χ0n) is 6.57. The van der Waals surface area contributed by atoms with Crippen LogP contribution < -0.4 is 0 Å². The highest BCUT2D eigenvalue weighted by molar-refractivity contribution is 6.33. The van der Waals surface area contributed by atoms with Crippen LogP contribution in [0.4, 0.5) is 4.79 Å². The molecule has 0 aromatic carbocycles. The quantitative estimate of drug-likeness (QED) is 0.543. The van der Waals surface area contributed by atoms with Gasteiger partial charge in [0.15, 0.2) is 6.29 Å². The third kappa shape index (κ3) is 1.45. The Hall–Kier alpha value is -1.19. The Balaban J connectivity index is 2.69. The number of urea groups is 1. The Morgan fingerprint density at radius 2 is 2.27 bits per heavy atom. The van der Waals surface area contributed by atoms with Gasteiger partial charge in [0.25, 0.3) is 0 Å². The summed E-state index contributed by atoms with van der Waals surface area (Å²) in [6.07, 6.45) is 0.625. The third-order valence-corrected chi connectivity index (χ3v) is 1.58. The van der Waals surface area contributed by atoms with Gasteiger partial charge in [-0.2, -0.15) is 4.99 Å². The Morgan fingerprint density at radius 1 is 1.64 bits per heavy atom. The van der Waals surface area contributed by atoms with Gasteiger partial charge in [0.2, 0.25) is 0 Å². The van der Waals surface area contributed by atoms with Crippen LogP contribution in [0.25, 0.3) is 0 Å². The van der Waals surface area contributed by atoms with Crippen molar-refractivity contribution in [3.63, 3.8) is 0 Å².